The summed E-state index contributed by atoms with van der Waals surface area (Å²) in [5.74, 6) is -2.81. The van der Waals surface area contributed by atoms with Crippen LogP contribution in [0.15, 0.2) is 43.0 Å². The van der Waals surface area contributed by atoms with Crippen molar-refractivity contribution < 1.29 is 45.3 Å². The zero-order valence-electron chi connectivity index (χ0n) is 37.0. The number of ether oxygens (including phenoxy) is 4. The van der Waals surface area contributed by atoms with Gasteiger partial charge in [-0.25, -0.2) is 32.4 Å². The van der Waals surface area contributed by atoms with Crippen LogP contribution in [0.2, 0.25) is 51.4 Å². The van der Waals surface area contributed by atoms with Crippen LogP contribution in [-0.2, 0) is 35.9 Å². The van der Waals surface area contributed by atoms with E-state index in [-0.39, 0.29) is 49.5 Å². The van der Waals surface area contributed by atoms with Gasteiger partial charge in [-0.05, 0) is 49.5 Å². The molecular formula is C42H60F3N7O7SSi2. The Morgan fingerprint density at radius 2 is 1.52 bits per heavy atom. The van der Waals surface area contributed by atoms with Crippen LogP contribution in [0, 0.1) is 17.6 Å². The van der Waals surface area contributed by atoms with Crippen molar-refractivity contribution in [2.24, 2.45) is 5.92 Å². The normalized spacial score (nSPS) is 17.2. The van der Waals surface area contributed by atoms with E-state index < -0.39 is 74.5 Å². The molecule has 2 aliphatic heterocycles. The van der Waals surface area contributed by atoms with Crippen LogP contribution in [0.5, 0.6) is 0 Å². The minimum absolute atomic E-state index is 0.0157. The van der Waals surface area contributed by atoms with E-state index in [1.165, 1.54) is 6.20 Å². The highest BCUT2D eigenvalue weighted by atomic mass is 32.2. The third-order valence-electron chi connectivity index (χ3n) is 11.3. The van der Waals surface area contributed by atoms with Crippen molar-refractivity contribution in [1.82, 2.24) is 23.8 Å². The second kappa shape index (κ2) is 20.0. The molecule has 4 aromatic rings. The van der Waals surface area contributed by atoms with Crippen LogP contribution in [0.4, 0.5) is 24.8 Å². The number of alkyl halides is 1. The summed E-state index contributed by atoms with van der Waals surface area (Å²) < 4.78 is 101. The molecule has 0 spiro atoms. The van der Waals surface area contributed by atoms with Gasteiger partial charge in [0.1, 0.15) is 31.1 Å². The molecule has 2 fully saturated rings. The van der Waals surface area contributed by atoms with Crippen LogP contribution in [-0.4, -0.2) is 127 Å². The first-order valence-corrected chi connectivity index (χ1v) is 29.8. The summed E-state index contributed by atoms with van der Waals surface area (Å²) in [6.45, 7) is 14.0. The number of methoxy groups -OCH3 is 2. The van der Waals surface area contributed by atoms with Crippen molar-refractivity contribution in [2.45, 2.75) is 89.8 Å². The Morgan fingerprint density at radius 3 is 2.11 bits per heavy atom. The minimum Gasteiger partial charge on any atom is -0.361 e. The number of hydrogen-bond acceptors (Lipinski definition) is 11. The summed E-state index contributed by atoms with van der Waals surface area (Å²) in [5.41, 5.74) is -0.150. The number of benzene rings is 1. The summed E-state index contributed by atoms with van der Waals surface area (Å²) in [6, 6.07) is 5.08. The smallest absolute Gasteiger partial charge is 0.306 e. The van der Waals surface area contributed by atoms with E-state index in [0.29, 0.717) is 39.7 Å². The first-order chi connectivity index (χ1) is 29.3. The molecule has 2 aliphatic rings. The molecule has 62 heavy (non-hydrogen) atoms. The van der Waals surface area contributed by atoms with E-state index in [0.717, 1.165) is 48.4 Å². The third-order valence-corrected chi connectivity index (χ3v) is 16.6. The standard InChI is InChI=1S/C42H60F3N7O7SSi2/c1-56-41(57-2)29-11-14-49(15-12-29)42-47-23-31(24-48-42)30-21-33-34(26-50(40(33)46-22-30)27-58-17-19-61(3,4)5)39(53)37-35(44)9-10-36(38(37)45)52(28-59-18-20-62(6,7)8)60(54,55)51-16-13-32(43)25-51/h9-10,21-24,26,29,32,41H,11-20,25,27-28H2,1-8H3/t32-/m1/s1. The van der Waals surface area contributed by atoms with E-state index in [2.05, 4.69) is 54.1 Å². The fraction of sp³-hybridized carbons (Fsp3) is 0.571. The van der Waals surface area contributed by atoms with Gasteiger partial charge in [0.05, 0.1) is 16.8 Å². The fourth-order valence-electron chi connectivity index (χ4n) is 7.54. The molecule has 5 heterocycles. The topological polar surface area (TPSA) is 141 Å². The molecule has 0 N–H and O–H groups in total. The maximum atomic E-state index is 16.9. The third kappa shape index (κ3) is 11.3. The second-order valence-corrected chi connectivity index (χ2v) is 31.5. The number of pyridine rings is 1. The molecule has 14 nitrogen and oxygen atoms in total. The lowest BCUT2D eigenvalue weighted by Crippen LogP contribution is -2.45. The minimum atomic E-state index is -4.57. The van der Waals surface area contributed by atoms with Gasteiger partial charge in [-0.2, -0.15) is 12.7 Å². The number of carbonyl (C=O) groups is 1. The molecule has 6 rings (SSSR count). The molecule has 0 bridgehead atoms. The Kier molecular flexibility index (Phi) is 15.4. The average Bonchev–Trinajstić information content (AvgIpc) is 3.83. The highest BCUT2D eigenvalue weighted by Crippen LogP contribution is 2.34. The average molecular weight is 920 g/mol. The van der Waals surface area contributed by atoms with Gasteiger partial charge in [-0.1, -0.05) is 39.3 Å². The van der Waals surface area contributed by atoms with E-state index in [1.54, 1.807) is 43.4 Å². The van der Waals surface area contributed by atoms with Gasteiger partial charge in [0.25, 0.3) is 0 Å². The fourth-order valence-corrected chi connectivity index (χ4v) is 10.6. The van der Waals surface area contributed by atoms with Crippen LogP contribution < -0.4 is 9.21 Å². The number of halogens is 3. The largest absolute Gasteiger partial charge is 0.361 e. The molecule has 0 aliphatic carbocycles. The Hall–Kier alpha value is -3.77. The molecule has 20 heteroatoms. The Morgan fingerprint density at radius 1 is 0.887 bits per heavy atom. The molecule has 0 unspecified atom stereocenters. The maximum absolute atomic E-state index is 16.9. The highest BCUT2D eigenvalue weighted by Gasteiger charge is 2.39. The first kappa shape index (κ1) is 47.7. The van der Waals surface area contributed by atoms with Gasteiger partial charge < -0.3 is 28.4 Å². The van der Waals surface area contributed by atoms with E-state index in [4.69, 9.17) is 23.9 Å². The number of ketones is 1. The van der Waals surface area contributed by atoms with Crippen molar-refractivity contribution >= 4 is 54.8 Å². The van der Waals surface area contributed by atoms with Crippen molar-refractivity contribution in [3.8, 4) is 11.1 Å². The van der Waals surface area contributed by atoms with Gasteiger partial charge in [0.15, 0.2) is 12.1 Å². The number of fused-ring (bicyclic) bond motifs is 1. The van der Waals surface area contributed by atoms with Gasteiger partial charge in [-0.15, -0.1) is 0 Å². The Bertz CT molecular complexity index is 2280. The molecule has 0 saturated carbocycles. The highest BCUT2D eigenvalue weighted by molar-refractivity contribution is 7.90. The SMILES string of the molecule is COC(OC)C1CCN(c2ncc(-c3cnc4c(c3)c(C(=O)c3c(F)ccc(N(COCC[Si](C)(C)C)S(=O)(=O)N5CC[C@@H](F)C5)c3F)cn4COCC[Si](C)(C)C)cn2)CC1. The number of rotatable bonds is 20. The molecular weight excluding hydrogens is 860 g/mol. The molecule has 0 amide bonds. The van der Waals surface area contributed by atoms with E-state index in [1.807, 2.05) is 0 Å². The predicted molar refractivity (Wildman–Crippen MR) is 239 cm³/mol. The monoisotopic (exact) mass is 919 g/mol. The zero-order chi connectivity index (χ0) is 45.0. The number of nitrogens with zero attached hydrogens (tertiary/aromatic N) is 7. The Labute approximate surface area is 364 Å². The quantitative estimate of drug-likeness (QED) is 0.0376. The lowest BCUT2D eigenvalue weighted by atomic mass is 9.96. The summed E-state index contributed by atoms with van der Waals surface area (Å²) in [7, 11) is -4.34. The molecule has 340 valence electrons. The molecule has 2 saturated heterocycles. The van der Waals surface area contributed by atoms with Crippen LogP contribution in [0.25, 0.3) is 22.2 Å². The zero-order valence-corrected chi connectivity index (χ0v) is 39.8. The molecule has 0 radical (unpaired) electrons. The van der Waals surface area contributed by atoms with Gasteiger partial charge in [-0.3, -0.25) is 4.79 Å². The molecule has 1 aromatic carbocycles. The van der Waals surface area contributed by atoms with Crippen LogP contribution >= 0.6 is 0 Å². The number of piperidine rings is 1. The number of hydrogen-bond donors (Lipinski definition) is 0. The molecule has 1 atom stereocenters. The van der Waals surface area contributed by atoms with Crippen molar-refractivity contribution in [3.63, 3.8) is 0 Å². The van der Waals surface area contributed by atoms with Gasteiger partial charge in [0.2, 0.25) is 11.7 Å². The van der Waals surface area contributed by atoms with E-state index >= 15 is 8.78 Å². The Balaban J connectivity index is 1.35. The summed E-state index contributed by atoms with van der Waals surface area (Å²) in [5, 5.41) is 0.285. The second-order valence-electron chi connectivity index (χ2n) is 18.4. The van der Waals surface area contributed by atoms with E-state index in [9.17, 15) is 17.6 Å². The number of aromatic nitrogens is 4. The maximum Gasteiger partial charge on any atom is 0.306 e. The van der Waals surface area contributed by atoms with Gasteiger partial charge in [0, 0.05) is 117 Å². The summed E-state index contributed by atoms with van der Waals surface area (Å²) in [6.07, 6.45) is 6.38. The van der Waals surface area contributed by atoms with Crippen molar-refractivity contribution in [1.29, 1.82) is 0 Å². The summed E-state index contributed by atoms with van der Waals surface area (Å²) in [4.78, 5) is 30.6. The van der Waals surface area contributed by atoms with Crippen LogP contribution in [0.1, 0.15) is 35.2 Å². The molecule has 3 aromatic heterocycles. The van der Waals surface area contributed by atoms with Crippen molar-refractivity contribution in [2.75, 3.05) is 69.5 Å². The summed E-state index contributed by atoms with van der Waals surface area (Å²) >= 11 is 0. The number of anilines is 2. The predicted octanol–water partition coefficient (Wildman–Crippen LogP) is 7.56. The van der Waals surface area contributed by atoms with Crippen LogP contribution in [0.3, 0.4) is 0 Å². The lowest BCUT2D eigenvalue weighted by Gasteiger charge is -2.34. The van der Waals surface area contributed by atoms with Crippen molar-refractivity contribution in [3.05, 3.63) is 65.7 Å². The first-order valence-electron chi connectivity index (χ1n) is 21.0. The van der Waals surface area contributed by atoms with Gasteiger partial charge >= 0.3 is 10.2 Å². The lowest BCUT2D eigenvalue weighted by molar-refractivity contribution is -0.141. The number of carbonyl (C=O) groups excluding carboxylic acids is 1.